The molecule has 0 bridgehead atoms. The summed E-state index contributed by atoms with van der Waals surface area (Å²) < 4.78 is 54.7. The number of anilines is 1. The van der Waals surface area contributed by atoms with Crippen molar-refractivity contribution < 1.29 is 22.7 Å². The molecular weight excluding hydrogens is 400 g/mol. The number of hydrogen-bond acceptors (Lipinski definition) is 3. The SMILES string of the molecule is CC(C)(CC(O)(CNc1ccc2[nH]ccc(=O)c2c1)C(F)(F)F)c1ccc(F)cc1. The molecule has 8 heteroatoms. The Morgan fingerprint density at radius 1 is 1.03 bits per heavy atom. The molecule has 1 heterocycles. The van der Waals surface area contributed by atoms with Crippen LogP contribution in [-0.2, 0) is 5.41 Å². The molecule has 1 aromatic heterocycles. The first-order chi connectivity index (χ1) is 13.9. The molecule has 3 rings (SSSR count). The Balaban J connectivity index is 1.86. The van der Waals surface area contributed by atoms with Crippen molar-refractivity contribution in [3.63, 3.8) is 0 Å². The van der Waals surface area contributed by atoms with Crippen molar-refractivity contribution in [2.24, 2.45) is 0 Å². The lowest BCUT2D eigenvalue weighted by molar-refractivity contribution is -0.260. The number of nitrogens with one attached hydrogen (secondary N) is 2. The molecule has 3 aromatic rings. The van der Waals surface area contributed by atoms with E-state index in [4.69, 9.17) is 0 Å². The Kier molecular flexibility index (Phi) is 5.64. The van der Waals surface area contributed by atoms with Crippen molar-refractivity contribution in [2.45, 2.75) is 37.5 Å². The average Bonchev–Trinajstić information content (AvgIpc) is 2.66. The van der Waals surface area contributed by atoms with Gasteiger partial charge in [-0.1, -0.05) is 26.0 Å². The van der Waals surface area contributed by atoms with Crippen LogP contribution in [0.3, 0.4) is 0 Å². The van der Waals surface area contributed by atoms with Gasteiger partial charge in [-0.3, -0.25) is 4.79 Å². The molecule has 0 aliphatic rings. The van der Waals surface area contributed by atoms with Crippen LogP contribution in [0.2, 0.25) is 0 Å². The first-order valence-electron chi connectivity index (χ1n) is 9.32. The number of alkyl halides is 3. The van der Waals surface area contributed by atoms with Gasteiger partial charge in [0.05, 0.1) is 6.54 Å². The predicted molar refractivity (Wildman–Crippen MR) is 108 cm³/mol. The Morgan fingerprint density at radius 2 is 1.70 bits per heavy atom. The largest absolute Gasteiger partial charge is 0.418 e. The quantitative estimate of drug-likeness (QED) is 0.503. The van der Waals surface area contributed by atoms with Crippen molar-refractivity contribution in [3.05, 3.63) is 76.3 Å². The molecule has 1 unspecified atom stereocenters. The van der Waals surface area contributed by atoms with Crippen molar-refractivity contribution in [1.82, 2.24) is 4.98 Å². The number of rotatable bonds is 6. The number of pyridine rings is 1. The number of aliphatic hydroxyl groups is 1. The fourth-order valence-corrected chi connectivity index (χ4v) is 3.53. The van der Waals surface area contributed by atoms with E-state index in [1.54, 1.807) is 19.9 Å². The first kappa shape index (κ1) is 21.8. The fraction of sp³-hybridized carbons (Fsp3) is 0.318. The standard InChI is InChI=1S/C22H22F4N2O2/c1-20(2,14-3-5-15(23)6-4-14)12-21(30,22(24,25)26)13-28-16-7-8-18-17(11-16)19(29)9-10-27-18/h3-11,28,30H,12-13H2,1-2H3,(H,27,29). The maximum atomic E-state index is 13.8. The smallest absolute Gasteiger partial charge is 0.382 e. The van der Waals surface area contributed by atoms with E-state index in [1.165, 1.54) is 48.7 Å². The molecule has 160 valence electrons. The molecule has 30 heavy (non-hydrogen) atoms. The van der Waals surface area contributed by atoms with Crippen LogP contribution in [0, 0.1) is 5.82 Å². The Hall–Kier alpha value is -2.87. The molecule has 0 saturated carbocycles. The number of aromatic amines is 1. The number of benzene rings is 2. The summed E-state index contributed by atoms with van der Waals surface area (Å²) in [7, 11) is 0. The molecular formula is C22H22F4N2O2. The van der Waals surface area contributed by atoms with Gasteiger partial charge >= 0.3 is 6.18 Å². The lowest BCUT2D eigenvalue weighted by Crippen LogP contribution is -2.53. The molecule has 0 radical (unpaired) electrons. The van der Waals surface area contributed by atoms with Gasteiger partial charge in [-0.2, -0.15) is 13.2 Å². The Labute approximate surface area is 170 Å². The van der Waals surface area contributed by atoms with Crippen LogP contribution in [0.1, 0.15) is 25.8 Å². The van der Waals surface area contributed by atoms with E-state index >= 15 is 0 Å². The van der Waals surface area contributed by atoms with E-state index < -0.39 is 36.0 Å². The lowest BCUT2D eigenvalue weighted by atomic mass is 9.75. The normalized spacial score (nSPS) is 14.5. The van der Waals surface area contributed by atoms with Gasteiger partial charge in [0.15, 0.2) is 11.0 Å². The third kappa shape index (κ3) is 4.48. The molecule has 2 aromatic carbocycles. The summed E-state index contributed by atoms with van der Waals surface area (Å²) in [4.78, 5) is 14.8. The van der Waals surface area contributed by atoms with Gasteiger partial charge < -0.3 is 15.4 Å². The van der Waals surface area contributed by atoms with E-state index in [9.17, 15) is 27.5 Å². The van der Waals surface area contributed by atoms with E-state index in [1.807, 2.05) is 0 Å². The third-order valence-electron chi connectivity index (χ3n) is 5.23. The summed E-state index contributed by atoms with van der Waals surface area (Å²) in [5, 5.41) is 13.5. The highest BCUT2D eigenvalue weighted by Crippen LogP contribution is 2.41. The molecule has 4 nitrogen and oxygen atoms in total. The van der Waals surface area contributed by atoms with Gasteiger partial charge in [-0.15, -0.1) is 0 Å². The first-order valence-corrected chi connectivity index (χ1v) is 9.32. The molecule has 1 atom stereocenters. The highest BCUT2D eigenvalue weighted by Gasteiger charge is 2.55. The topological polar surface area (TPSA) is 65.1 Å². The van der Waals surface area contributed by atoms with Gasteiger partial charge in [0.1, 0.15) is 5.82 Å². The molecule has 3 N–H and O–H groups in total. The maximum absolute atomic E-state index is 13.8. The average molecular weight is 422 g/mol. The highest BCUT2D eigenvalue weighted by molar-refractivity contribution is 5.81. The second-order valence-electron chi connectivity index (χ2n) is 8.05. The zero-order valence-corrected chi connectivity index (χ0v) is 16.5. The lowest BCUT2D eigenvalue weighted by Gasteiger charge is -2.38. The van der Waals surface area contributed by atoms with Gasteiger partial charge in [0, 0.05) is 28.9 Å². The van der Waals surface area contributed by atoms with E-state index in [2.05, 4.69) is 10.3 Å². The number of H-pyrrole nitrogens is 1. The number of aromatic nitrogens is 1. The van der Waals surface area contributed by atoms with E-state index in [-0.39, 0.29) is 11.1 Å². The van der Waals surface area contributed by atoms with Crippen LogP contribution in [0.25, 0.3) is 10.9 Å². The number of hydrogen-bond donors (Lipinski definition) is 3. The second kappa shape index (κ2) is 7.75. The molecule has 0 aliphatic carbocycles. The molecule has 0 saturated heterocycles. The Morgan fingerprint density at radius 3 is 2.33 bits per heavy atom. The summed E-state index contributed by atoms with van der Waals surface area (Å²) in [6.45, 7) is 2.32. The molecule has 0 aliphatic heterocycles. The fourth-order valence-electron chi connectivity index (χ4n) is 3.53. The van der Waals surface area contributed by atoms with Crippen LogP contribution < -0.4 is 10.7 Å². The van der Waals surface area contributed by atoms with Gasteiger partial charge in [0.2, 0.25) is 0 Å². The summed E-state index contributed by atoms with van der Waals surface area (Å²) in [6, 6.07) is 11.0. The Bertz CT molecular complexity index is 1090. The van der Waals surface area contributed by atoms with Crippen molar-refractivity contribution in [1.29, 1.82) is 0 Å². The van der Waals surface area contributed by atoms with E-state index in [0.29, 0.717) is 16.5 Å². The van der Waals surface area contributed by atoms with Crippen LogP contribution in [-0.4, -0.2) is 28.4 Å². The zero-order chi connectivity index (χ0) is 22.2. The minimum atomic E-state index is -4.91. The van der Waals surface area contributed by atoms with Crippen LogP contribution in [0.15, 0.2) is 59.5 Å². The third-order valence-corrected chi connectivity index (χ3v) is 5.23. The summed E-state index contributed by atoms with van der Waals surface area (Å²) in [5.74, 6) is -0.492. The molecule has 0 fully saturated rings. The number of fused-ring (bicyclic) bond motifs is 1. The zero-order valence-electron chi connectivity index (χ0n) is 16.5. The summed E-state index contributed by atoms with van der Waals surface area (Å²) >= 11 is 0. The summed E-state index contributed by atoms with van der Waals surface area (Å²) in [6.07, 6.45) is -4.07. The van der Waals surface area contributed by atoms with Crippen LogP contribution in [0.4, 0.5) is 23.2 Å². The van der Waals surface area contributed by atoms with Gasteiger partial charge in [0.25, 0.3) is 0 Å². The van der Waals surface area contributed by atoms with Crippen molar-refractivity contribution >= 4 is 16.6 Å². The van der Waals surface area contributed by atoms with Crippen LogP contribution in [0.5, 0.6) is 0 Å². The number of halogens is 4. The minimum Gasteiger partial charge on any atom is -0.382 e. The second-order valence-corrected chi connectivity index (χ2v) is 8.05. The monoisotopic (exact) mass is 422 g/mol. The predicted octanol–water partition coefficient (Wildman–Crippen LogP) is 4.74. The molecule has 0 amide bonds. The van der Waals surface area contributed by atoms with Crippen LogP contribution >= 0.6 is 0 Å². The maximum Gasteiger partial charge on any atom is 0.418 e. The minimum absolute atomic E-state index is 0.268. The molecule has 0 spiro atoms. The van der Waals surface area contributed by atoms with Crippen molar-refractivity contribution in [2.75, 3.05) is 11.9 Å². The van der Waals surface area contributed by atoms with Gasteiger partial charge in [-0.25, -0.2) is 4.39 Å². The van der Waals surface area contributed by atoms with Gasteiger partial charge in [-0.05, 0) is 47.7 Å². The highest BCUT2D eigenvalue weighted by atomic mass is 19.4. The van der Waals surface area contributed by atoms with Crippen molar-refractivity contribution in [3.8, 4) is 0 Å². The van der Waals surface area contributed by atoms with E-state index in [0.717, 1.165) is 0 Å². The summed E-state index contributed by atoms with van der Waals surface area (Å²) in [5.41, 5.74) is -3.10.